The number of ether oxygens (including phenoxy) is 1. The lowest BCUT2D eigenvalue weighted by Crippen LogP contribution is -2.38. The van der Waals surface area contributed by atoms with E-state index in [0.717, 1.165) is 28.8 Å². The van der Waals surface area contributed by atoms with Gasteiger partial charge in [0.15, 0.2) is 4.34 Å². The van der Waals surface area contributed by atoms with Crippen LogP contribution in [0.2, 0.25) is 0 Å². The molecule has 3 heterocycles. The van der Waals surface area contributed by atoms with Crippen molar-refractivity contribution in [1.29, 1.82) is 0 Å². The Bertz CT molecular complexity index is 662. The number of nitrogens with zero attached hydrogens (tertiary/aromatic N) is 4. The molecule has 0 unspecified atom stereocenters. The van der Waals surface area contributed by atoms with Crippen LogP contribution in [0.5, 0.6) is 0 Å². The quantitative estimate of drug-likeness (QED) is 0.778. The molecule has 1 fully saturated rings. The van der Waals surface area contributed by atoms with Gasteiger partial charge in [0.2, 0.25) is 5.91 Å². The number of amides is 1. The van der Waals surface area contributed by atoms with Crippen LogP contribution in [0.3, 0.4) is 0 Å². The zero-order valence-electron chi connectivity index (χ0n) is 13.3. The van der Waals surface area contributed by atoms with Crippen molar-refractivity contribution in [2.75, 3.05) is 31.2 Å². The van der Waals surface area contributed by atoms with Gasteiger partial charge in [0.1, 0.15) is 11.3 Å². The summed E-state index contributed by atoms with van der Waals surface area (Å²) < 4.78 is 6.19. The molecule has 2 aromatic rings. The highest BCUT2D eigenvalue weighted by molar-refractivity contribution is 8.02. The van der Waals surface area contributed by atoms with Gasteiger partial charge in [-0.05, 0) is 13.0 Å². The monoisotopic (exact) mass is 365 g/mol. The fourth-order valence-electron chi connectivity index (χ4n) is 2.37. The van der Waals surface area contributed by atoms with Crippen LogP contribution in [-0.2, 0) is 16.1 Å². The summed E-state index contributed by atoms with van der Waals surface area (Å²) in [5, 5.41) is 10.5. The zero-order chi connectivity index (χ0) is 16.8. The fourth-order valence-corrected chi connectivity index (χ4v) is 4.02. The Kier molecular flexibility index (Phi) is 6.00. The summed E-state index contributed by atoms with van der Waals surface area (Å²) in [5.74, 6) is 0.900. The largest absolute Gasteiger partial charge is 0.378 e. The van der Waals surface area contributed by atoms with Crippen LogP contribution in [0.15, 0.2) is 28.2 Å². The molecule has 1 atom stereocenters. The van der Waals surface area contributed by atoms with Crippen molar-refractivity contribution >= 4 is 34.8 Å². The minimum absolute atomic E-state index is 0.0213. The number of carbonyl (C=O) groups is 1. The van der Waals surface area contributed by atoms with Crippen LogP contribution < -0.4 is 10.2 Å². The fraction of sp³-hybridized carbons (Fsp3) is 0.467. The number of nitrogens with one attached hydrogen (secondary N) is 1. The third-order valence-electron chi connectivity index (χ3n) is 3.62. The lowest BCUT2D eigenvalue weighted by atomic mass is 10.2. The Morgan fingerprint density at radius 3 is 3.08 bits per heavy atom. The van der Waals surface area contributed by atoms with Crippen molar-refractivity contribution in [3.8, 4) is 0 Å². The summed E-state index contributed by atoms with van der Waals surface area (Å²) in [6, 6.07) is 3.89. The first kappa shape index (κ1) is 17.1. The van der Waals surface area contributed by atoms with Crippen LogP contribution in [-0.4, -0.2) is 52.6 Å². The van der Waals surface area contributed by atoms with Gasteiger partial charge in [0.05, 0.1) is 18.5 Å². The molecule has 1 N–H and O–H groups in total. The second kappa shape index (κ2) is 8.41. The number of pyridine rings is 1. The van der Waals surface area contributed by atoms with E-state index >= 15 is 0 Å². The highest BCUT2D eigenvalue weighted by atomic mass is 32.2. The summed E-state index contributed by atoms with van der Waals surface area (Å²) in [5.41, 5.74) is 2.68. The smallest absolute Gasteiger partial charge is 0.233 e. The highest BCUT2D eigenvalue weighted by Crippen LogP contribution is 2.24. The molecule has 3 rings (SSSR count). The van der Waals surface area contributed by atoms with Gasteiger partial charge in [-0.2, -0.15) is 0 Å². The molecule has 0 saturated carbocycles. The number of thioether (sulfide) groups is 1. The minimum Gasteiger partial charge on any atom is -0.378 e. The van der Waals surface area contributed by atoms with Gasteiger partial charge >= 0.3 is 0 Å². The van der Waals surface area contributed by atoms with Crippen LogP contribution >= 0.6 is 23.1 Å². The molecular weight excluding hydrogens is 346 g/mol. The first-order valence-corrected chi connectivity index (χ1v) is 9.47. The SMILES string of the molecule is C[C@@H](Sc1nncs1)C(=O)NCc1cccnc1N1CCOCC1. The first-order valence-electron chi connectivity index (χ1n) is 7.71. The molecule has 0 aliphatic carbocycles. The number of rotatable bonds is 6. The maximum absolute atomic E-state index is 12.3. The third kappa shape index (κ3) is 4.43. The lowest BCUT2D eigenvalue weighted by Gasteiger charge is -2.29. The van der Waals surface area contributed by atoms with Crippen molar-refractivity contribution in [1.82, 2.24) is 20.5 Å². The molecule has 24 heavy (non-hydrogen) atoms. The van der Waals surface area contributed by atoms with E-state index in [1.165, 1.54) is 23.1 Å². The Labute approximate surface area is 148 Å². The summed E-state index contributed by atoms with van der Waals surface area (Å²) in [7, 11) is 0. The van der Waals surface area contributed by atoms with Crippen LogP contribution in [0.1, 0.15) is 12.5 Å². The third-order valence-corrected chi connectivity index (χ3v) is 5.53. The number of anilines is 1. The van der Waals surface area contributed by atoms with E-state index in [1.807, 2.05) is 19.1 Å². The molecule has 128 valence electrons. The highest BCUT2D eigenvalue weighted by Gasteiger charge is 2.19. The number of carbonyl (C=O) groups excluding carboxylic acids is 1. The zero-order valence-corrected chi connectivity index (χ0v) is 15.0. The molecule has 1 saturated heterocycles. The topological polar surface area (TPSA) is 80.2 Å². The van der Waals surface area contributed by atoms with Crippen molar-refractivity contribution < 1.29 is 9.53 Å². The Morgan fingerprint density at radius 2 is 2.33 bits per heavy atom. The van der Waals surface area contributed by atoms with E-state index < -0.39 is 0 Å². The molecule has 9 heteroatoms. The van der Waals surface area contributed by atoms with E-state index in [2.05, 4.69) is 25.4 Å². The second-order valence-electron chi connectivity index (χ2n) is 5.27. The van der Waals surface area contributed by atoms with Gasteiger partial charge < -0.3 is 15.0 Å². The van der Waals surface area contributed by atoms with Crippen LogP contribution in [0.25, 0.3) is 0 Å². The van der Waals surface area contributed by atoms with Crippen molar-refractivity contribution in [3.63, 3.8) is 0 Å². The van der Waals surface area contributed by atoms with Gasteiger partial charge in [0.25, 0.3) is 0 Å². The van der Waals surface area contributed by atoms with E-state index in [0.29, 0.717) is 19.8 Å². The number of hydrogen-bond acceptors (Lipinski definition) is 8. The first-order chi connectivity index (χ1) is 11.7. The average molecular weight is 365 g/mol. The normalized spacial score (nSPS) is 16.0. The van der Waals surface area contributed by atoms with Gasteiger partial charge in [-0.1, -0.05) is 29.2 Å². The van der Waals surface area contributed by atoms with Crippen molar-refractivity contribution in [2.45, 2.75) is 23.1 Å². The maximum atomic E-state index is 12.3. The van der Waals surface area contributed by atoms with Crippen molar-refractivity contribution in [3.05, 3.63) is 29.4 Å². The molecular formula is C15H19N5O2S2. The predicted octanol–water partition coefficient (Wildman–Crippen LogP) is 1.57. The molecule has 1 aliphatic heterocycles. The summed E-state index contributed by atoms with van der Waals surface area (Å²) in [6.45, 7) is 5.38. The van der Waals surface area contributed by atoms with Gasteiger partial charge in [0, 0.05) is 31.4 Å². The molecule has 7 nitrogen and oxygen atoms in total. The molecule has 2 aromatic heterocycles. The summed E-state index contributed by atoms with van der Waals surface area (Å²) >= 11 is 2.85. The molecule has 1 amide bonds. The van der Waals surface area contributed by atoms with Crippen LogP contribution in [0, 0.1) is 0 Å². The number of morpholine rings is 1. The molecule has 1 aliphatic rings. The molecule has 0 radical (unpaired) electrons. The van der Waals surface area contributed by atoms with Gasteiger partial charge in [-0.15, -0.1) is 10.2 Å². The Morgan fingerprint density at radius 1 is 1.50 bits per heavy atom. The Balaban J connectivity index is 1.58. The standard InChI is InChI=1S/C15H19N5O2S2/c1-11(24-15-19-18-10-23-15)14(21)17-9-12-3-2-4-16-13(12)20-5-7-22-8-6-20/h2-4,10-11H,5-9H2,1H3,(H,17,21)/t11-/m1/s1. The van der Waals surface area contributed by atoms with E-state index in [1.54, 1.807) is 11.7 Å². The van der Waals surface area contributed by atoms with Crippen LogP contribution in [0.4, 0.5) is 5.82 Å². The minimum atomic E-state index is -0.221. The predicted molar refractivity (Wildman–Crippen MR) is 94.3 cm³/mol. The molecule has 0 bridgehead atoms. The number of hydrogen-bond donors (Lipinski definition) is 1. The summed E-state index contributed by atoms with van der Waals surface area (Å²) in [4.78, 5) is 19.0. The molecule has 0 aromatic carbocycles. The molecule has 0 spiro atoms. The lowest BCUT2D eigenvalue weighted by molar-refractivity contribution is -0.120. The number of aromatic nitrogens is 3. The van der Waals surface area contributed by atoms with Gasteiger partial charge in [-0.25, -0.2) is 4.98 Å². The van der Waals surface area contributed by atoms with E-state index in [9.17, 15) is 4.79 Å². The van der Waals surface area contributed by atoms with Gasteiger partial charge in [-0.3, -0.25) is 4.79 Å². The van der Waals surface area contributed by atoms with Crippen molar-refractivity contribution in [2.24, 2.45) is 0 Å². The summed E-state index contributed by atoms with van der Waals surface area (Å²) in [6.07, 6.45) is 1.78. The Hall–Kier alpha value is -1.71. The maximum Gasteiger partial charge on any atom is 0.233 e. The second-order valence-corrected chi connectivity index (χ2v) is 7.69. The average Bonchev–Trinajstić information content (AvgIpc) is 3.13. The van der Waals surface area contributed by atoms with E-state index in [-0.39, 0.29) is 11.2 Å². The van der Waals surface area contributed by atoms with E-state index in [4.69, 9.17) is 4.74 Å².